The molecule has 1 N–H and O–H groups in total. The van der Waals surface area contributed by atoms with E-state index in [0.717, 1.165) is 21.7 Å². The number of benzene rings is 2. The first-order valence-electron chi connectivity index (χ1n) is 10.00. The van der Waals surface area contributed by atoms with E-state index in [4.69, 9.17) is 23.2 Å². The molecule has 0 bridgehead atoms. The van der Waals surface area contributed by atoms with Crippen molar-refractivity contribution >= 4 is 50.7 Å². The molecule has 10 heteroatoms. The van der Waals surface area contributed by atoms with Crippen LogP contribution in [0.4, 0.5) is 5.69 Å². The van der Waals surface area contributed by atoms with Crippen LogP contribution in [0.3, 0.4) is 0 Å². The van der Waals surface area contributed by atoms with Crippen LogP contribution in [0, 0.1) is 6.92 Å². The van der Waals surface area contributed by atoms with Crippen molar-refractivity contribution in [2.24, 2.45) is 0 Å². The summed E-state index contributed by atoms with van der Waals surface area (Å²) in [6.07, 6.45) is 0.981. The maximum atomic E-state index is 13.4. The lowest BCUT2D eigenvalue weighted by atomic mass is 10.1. The molecule has 0 saturated carbocycles. The summed E-state index contributed by atoms with van der Waals surface area (Å²) >= 11 is 12.3. The van der Waals surface area contributed by atoms with E-state index in [0.29, 0.717) is 6.54 Å². The van der Waals surface area contributed by atoms with Crippen LogP contribution in [0.15, 0.2) is 42.5 Å². The lowest BCUT2D eigenvalue weighted by molar-refractivity contribution is -0.139. The fourth-order valence-corrected chi connectivity index (χ4v) is 4.38. The maximum Gasteiger partial charge on any atom is 0.244 e. The molecule has 32 heavy (non-hydrogen) atoms. The van der Waals surface area contributed by atoms with Crippen molar-refractivity contribution in [2.45, 2.75) is 33.4 Å². The van der Waals surface area contributed by atoms with Crippen LogP contribution in [-0.2, 0) is 26.2 Å². The minimum absolute atomic E-state index is 0.0225. The monoisotopic (exact) mass is 499 g/mol. The quantitative estimate of drug-likeness (QED) is 0.570. The summed E-state index contributed by atoms with van der Waals surface area (Å²) in [5.41, 5.74) is 1.96. The molecule has 7 nitrogen and oxygen atoms in total. The Morgan fingerprint density at radius 3 is 2.28 bits per heavy atom. The van der Waals surface area contributed by atoms with Gasteiger partial charge in [-0.25, -0.2) is 8.42 Å². The Kier molecular flexibility index (Phi) is 8.95. The Morgan fingerprint density at radius 1 is 1.09 bits per heavy atom. The van der Waals surface area contributed by atoms with Gasteiger partial charge in [0.1, 0.15) is 12.6 Å². The van der Waals surface area contributed by atoms with E-state index in [1.165, 1.54) is 17.0 Å². The molecule has 2 aromatic rings. The number of hydrogen-bond donors (Lipinski definition) is 1. The number of carbonyl (C=O) groups is 2. The minimum atomic E-state index is -3.88. The zero-order valence-electron chi connectivity index (χ0n) is 18.4. The molecule has 0 aliphatic carbocycles. The summed E-state index contributed by atoms with van der Waals surface area (Å²) in [7, 11) is -3.88. The highest BCUT2D eigenvalue weighted by atomic mass is 35.5. The molecule has 0 aliphatic heterocycles. The van der Waals surface area contributed by atoms with E-state index >= 15 is 0 Å². The molecule has 0 saturated heterocycles. The number of sulfonamides is 1. The zero-order valence-corrected chi connectivity index (χ0v) is 20.8. The molecular formula is C22H27Cl2N3O4S. The van der Waals surface area contributed by atoms with Crippen molar-refractivity contribution in [3.8, 4) is 0 Å². The van der Waals surface area contributed by atoms with Crippen LogP contribution in [0.1, 0.15) is 25.0 Å². The molecule has 1 atom stereocenters. The normalized spacial score (nSPS) is 12.2. The van der Waals surface area contributed by atoms with E-state index in [1.54, 1.807) is 19.9 Å². The number of aryl methyl sites for hydroxylation is 1. The Hall–Kier alpha value is -2.29. The highest BCUT2D eigenvalue weighted by Crippen LogP contribution is 2.33. The molecule has 0 spiro atoms. The number of rotatable bonds is 9. The Labute approximate surface area is 199 Å². The van der Waals surface area contributed by atoms with Gasteiger partial charge in [-0.3, -0.25) is 13.9 Å². The summed E-state index contributed by atoms with van der Waals surface area (Å²) in [6.45, 7) is 5.34. The topological polar surface area (TPSA) is 86.8 Å². The van der Waals surface area contributed by atoms with Gasteiger partial charge in [-0.15, -0.1) is 0 Å². The van der Waals surface area contributed by atoms with E-state index in [9.17, 15) is 18.0 Å². The summed E-state index contributed by atoms with van der Waals surface area (Å²) in [4.78, 5) is 27.2. The van der Waals surface area contributed by atoms with E-state index in [1.807, 2.05) is 31.2 Å². The lowest BCUT2D eigenvalue weighted by Crippen LogP contribution is -2.51. The summed E-state index contributed by atoms with van der Waals surface area (Å²) < 4.78 is 26.0. The lowest BCUT2D eigenvalue weighted by Gasteiger charge is -2.31. The number of likely N-dealkylation sites (N-methyl/N-ethyl adjacent to an activating group) is 1. The van der Waals surface area contributed by atoms with Crippen LogP contribution in [0.5, 0.6) is 0 Å². The first kappa shape index (κ1) is 26.0. The Bertz CT molecular complexity index is 1080. The molecule has 0 radical (unpaired) electrons. The van der Waals surface area contributed by atoms with Gasteiger partial charge in [0.15, 0.2) is 0 Å². The molecule has 0 heterocycles. The standard InChI is InChI=1S/C22H27Cl2N3O4S/c1-5-25-22(29)16(3)26(13-17-11-9-15(2)10-12-17)20(28)14-27(32(4,30)31)19-8-6-7-18(23)21(19)24/h6-12,16H,5,13-14H2,1-4H3,(H,25,29)/t16-/m0/s1. The third kappa shape index (κ3) is 6.60. The van der Waals surface area contributed by atoms with Crippen LogP contribution in [0.2, 0.25) is 10.0 Å². The van der Waals surface area contributed by atoms with E-state index < -0.39 is 28.5 Å². The number of nitrogens with one attached hydrogen (secondary N) is 1. The van der Waals surface area contributed by atoms with Gasteiger partial charge in [-0.05, 0) is 38.5 Å². The van der Waals surface area contributed by atoms with Gasteiger partial charge in [0.2, 0.25) is 21.8 Å². The Balaban J connectivity index is 2.42. The second-order valence-electron chi connectivity index (χ2n) is 7.42. The van der Waals surface area contributed by atoms with Crippen LogP contribution < -0.4 is 9.62 Å². The van der Waals surface area contributed by atoms with Gasteiger partial charge in [0.25, 0.3) is 0 Å². The highest BCUT2D eigenvalue weighted by molar-refractivity contribution is 7.92. The molecule has 174 valence electrons. The number of amides is 2. The molecule has 0 unspecified atom stereocenters. The smallest absolute Gasteiger partial charge is 0.244 e. The molecule has 2 rings (SSSR count). The molecule has 0 aromatic heterocycles. The van der Waals surface area contributed by atoms with Crippen LogP contribution >= 0.6 is 23.2 Å². The van der Waals surface area contributed by atoms with Gasteiger partial charge < -0.3 is 10.2 Å². The van der Waals surface area contributed by atoms with Crippen LogP contribution in [0.25, 0.3) is 0 Å². The zero-order chi connectivity index (χ0) is 24.1. The van der Waals surface area contributed by atoms with Crippen molar-refractivity contribution < 1.29 is 18.0 Å². The third-order valence-corrected chi connectivity index (χ3v) is 6.81. The van der Waals surface area contributed by atoms with Crippen LogP contribution in [-0.4, -0.2) is 50.5 Å². The predicted octanol–water partition coefficient (Wildman–Crippen LogP) is 3.62. The average molecular weight is 500 g/mol. The van der Waals surface area contributed by atoms with Gasteiger partial charge >= 0.3 is 0 Å². The van der Waals surface area contributed by atoms with Crippen molar-refractivity contribution in [1.82, 2.24) is 10.2 Å². The highest BCUT2D eigenvalue weighted by Gasteiger charge is 2.30. The maximum absolute atomic E-state index is 13.4. The largest absolute Gasteiger partial charge is 0.355 e. The first-order valence-corrected chi connectivity index (χ1v) is 12.6. The minimum Gasteiger partial charge on any atom is -0.355 e. The predicted molar refractivity (Wildman–Crippen MR) is 129 cm³/mol. The number of nitrogens with zero attached hydrogens (tertiary/aromatic N) is 2. The molecular weight excluding hydrogens is 473 g/mol. The third-order valence-electron chi connectivity index (χ3n) is 4.87. The van der Waals surface area contributed by atoms with Gasteiger partial charge in [-0.1, -0.05) is 59.1 Å². The summed E-state index contributed by atoms with van der Waals surface area (Å²) in [5.74, 6) is -0.884. The number of hydrogen-bond acceptors (Lipinski definition) is 4. The average Bonchev–Trinajstić information content (AvgIpc) is 2.72. The summed E-state index contributed by atoms with van der Waals surface area (Å²) in [6, 6.07) is 11.3. The molecule has 0 aliphatic rings. The van der Waals surface area contributed by atoms with Crippen molar-refractivity contribution in [1.29, 1.82) is 0 Å². The van der Waals surface area contributed by atoms with Gasteiger partial charge in [0.05, 0.1) is 22.0 Å². The number of halogens is 2. The van der Waals surface area contributed by atoms with Crippen molar-refractivity contribution in [3.63, 3.8) is 0 Å². The summed E-state index contributed by atoms with van der Waals surface area (Å²) in [5, 5.41) is 2.89. The van der Waals surface area contributed by atoms with Crippen molar-refractivity contribution in [3.05, 3.63) is 63.6 Å². The van der Waals surface area contributed by atoms with Gasteiger partial charge in [-0.2, -0.15) is 0 Å². The first-order chi connectivity index (χ1) is 15.0. The van der Waals surface area contributed by atoms with Gasteiger partial charge in [0, 0.05) is 13.1 Å². The second-order valence-corrected chi connectivity index (χ2v) is 10.1. The fraction of sp³-hybridized carbons (Fsp3) is 0.364. The molecule has 2 aromatic carbocycles. The Morgan fingerprint density at radius 2 is 1.72 bits per heavy atom. The fourth-order valence-electron chi connectivity index (χ4n) is 3.07. The molecule has 0 fully saturated rings. The number of anilines is 1. The van der Waals surface area contributed by atoms with E-state index in [-0.39, 0.29) is 28.2 Å². The van der Waals surface area contributed by atoms with Crippen molar-refractivity contribution in [2.75, 3.05) is 23.7 Å². The SMILES string of the molecule is CCNC(=O)[C@H](C)N(Cc1ccc(C)cc1)C(=O)CN(c1cccc(Cl)c1Cl)S(C)(=O)=O. The van der Waals surface area contributed by atoms with E-state index in [2.05, 4.69) is 5.32 Å². The number of carbonyl (C=O) groups excluding carboxylic acids is 2. The second kappa shape index (κ2) is 11.0. The molecule has 2 amide bonds.